The highest BCUT2D eigenvalue weighted by molar-refractivity contribution is 8.18. The molecule has 1 aliphatic heterocycles. The SMILES string of the molecule is Cn1c(-c2cccnc2)nc2cc(C=C3SC(=Nc4c(Cl)cccc4Cl)NC3=O)ccc21. The van der Waals surface area contributed by atoms with Crippen LogP contribution in [0.25, 0.3) is 28.5 Å². The molecule has 1 saturated heterocycles. The lowest BCUT2D eigenvalue weighted by molar-refractivity contribution is -0.115. The Labute approximate surface area is 198 Å². The second kappa shape index (κ2) is 8.43. The standard InChI is InChI=1S/C23H15Cl2N5OS/c1-30-18-8-7-13(10-17(18)27-21(30)14-4-3-9-26-12-14)11-19-22(31)29-23(32-19)28-20-15(24)5-2-6-16(20)25/h2-12H,1H3,(H,28,29,31). The number of para-hydroxylation sites is 1. The van der Waals surface area contributed by atoms with Gasteiger partial charge in [0, 0.05) is 25.0 Å². The van der Waals surface area contributed by atoms with E-state index >= 15 is 0 Å². The molecule has 1 amide bonds. The van der Waals surface area contributed by atoms with Crippen molar-refractivity contribution in [1.82, 2.24) is 19.9 Å². The maximum Gasteiger partial charge on any atom is 0.264 e. The second-order valence-corrected chi connectivity index (χ2v) is 8.88. The first-order chi connectivity index (χ1) is 15.5. The fourth-order valence-corrected chi connectivity index (χ4v) is 4.70. The second-order valence-electron chi connectivity index (χ2n) is 7.04. The Morgan fingerprint density at radius 2 is 1.94 bits per heavy atom. The molecule has 1 fully saturated rings. The van der Waals surface area contributed by atoms with E-state index in [2.05, 4.69) is 15.3 Å². The average molecular weight is 480 g/mol. The molecular weight excluding hydrogens is 465 g/mol. The van der Waals surface area contributed by atoms with Crippen LogP contribution in [0, 0.1) is 0 Å². The van der Waals surface area contributed by atoms with Crippen LogP contribution in [0.3, 0.4) is 0 Å². The van der Waals surface area contributed by atoms with E-state index in [4.69, 9.17) is 28.2 Å². The highest BCUT2D eigenvalue weighted by atomic mass is 35.5. The van der Waals surface area contributed by atoms with E-state index in [9.17, 15) is 4.79 Å². The Balaban J connectivity index is 1.46. The van der Waals surface area contributed by atoms with Gasteiger partial charge in [-0.25, -0.2) is 9.98 Å². The van der Waals surface area contributed by atoms with Crippen LogP contribution >= 0.6 is 35.0 Å². The lowest BCUT2D eigenvalue weighted by Crippen LogP contribution is -2.19. The zero-order chi connectivity index (χ0) is 22.2. The van der Waals surface area contributed by atoms with Gasteiger partial charge in [0.1, 0.15) is 11.5 Å². The Bertz CT molecular complexity index is 1410. The number of aliphatic imine (C=N–C) groups is 1. The summed E-state index contributed by atoms with van der Waals surface area (Å²) in [5.74, 6) is 0.603. The van der Waals surface area contributed by atoms with Crippen molar-refractivity contribution in [2.45, 2.75) is 0 Å². The number of pyridine rings is 1. The maximum absolute atomic E-state index is 12.5. The summed E-state index contributed by atoms with van der Waals surface area (Å²) in [7, 11) is 1.97. The summed E-state index contributed by atoms with van der Waals surface area (Å²) in [6.07, 6.45) is 5.34. The number of carbonyl (C=O) groups is 1. The minimum Gasteiger partial charge on any atom is -0.327 e. The molecule has 1 N–H and O–H groups in total. The van der Waals surface area contributed by atoms with Gasteiger partial charge in [-0.05, 0) is 59.8 Å². The topological polar surface area (TPSA) is 72.2 Å². The maximum atomic E-state index is 12.5. The summed E-state index contributed by atoms with van der Waals surface area (Å²) >= 11 is 13.6. The number of aryl methyl sites for hydroxylation is 1. The van der Waals surface area contributed by atoms with E-state index in [0.717, 1.165) is 28.0 Å². The third-order valence-corrected chi connectivity index (χ3v) is 6.44. The molecule has 4 aromatic rings. The van der Waals surface area contributed by atoms with Crippen molar-refractivity contribution in [3.05, 3.63) is 81.4 Å². The summed E-state index contributed by atoms with van der Waals surface area (Å²) in [6, 6.07) is 14.9. The minimum absolute atomic E-state index is 0.228. The molecule has 2 aromatic heterocycles. The van der Waals surface area contributed by atoms with E-state index < -0.39 is 0 Å². The van der Waals surface area contributed by atoms with Crippen molar-refractivity contribution in [2.24, 2.45) is 12.0 Å². The van der Waals surface area contributed by atoms with Crippen molar-refractivity contribution >= 4 is 68.8 Å². The molecule has 0 unspecified atom stereocenters. The van der Waals surface area contributed by atoms with Crippen LogP contribution < -0.4 is 5.32 Å². The smallest absolute Gasteiger partial charge is 0.264 e. The highest BCUT2D eigenvalue weighted by Crippen LogP contribution is 2.36. The van der Waals surface area contributed by atoms with Gasteiger partial charge >= 0.3 is 0 Å². The molecule has 2 aromatic carbocycles. The average Bonchev–Trinajstić information content (AvgIpc) is 3.30. The number of halogens is 2. The van der Waals surface area contributed by atoms with Gasteiger partial charge in [-0.15, -0.1) is 0 Å². The van der Waals surface area contributed by atoms with Gasteiger partial charge in [0.15, 0.2) is 5.17 Å². The van der Waals surface area contributed by atoms with Gasteiger partial charge in [0.05, 0.1) is 26.0 Å². The summed E-state index contributed by atoms with van der Waals surface area (Å²) in [5, 5.41) is 4.02. The normalized spacial score (nSPS) is 16.3. The largest absolute Gasteiger partial charge is 0.327 e. The molecule has 0 spiro atoms. The number of imidazole rings is 1. The van der Waals surface area contributed by atoms with Crippen LogP contribution in [-0.2, 0) is 11.8 Å². The lowest BCUT2D eigenvalue weighted by atomic mass is 10.2. The molecule has 9 heteroatoms. The molecule has 1 aliphatic rings. The number of rotatable bonds is 3. The summed E-state index contributed by atoms with van der Waals surface area (Å²) in [6.45, 7) is 0. The highest BCUT2D eigenvalue weighted by Gasteiger charge is 2.24. The molecule has 0 radical (unpaired) electrons. The molecule has 0 atom stereocenters. The first-order valence-corrected chi connectivity index (χ1v) is 11.2. The third kappa shape index (κ3) is 3.90. The van der Waals surface area contributed by atoms with Gasteiger partial charge in [-0.2, -0.15) is 0 Å². The van der Waals surface area contributed by atoms with Crippen LogP contribution in [0.15, 0.2) is 70.8 Å². The Hall–Kier alpha value is -3.13. The Kier molecular flexibility index (Phi) is 5.46. The first kappa shape index (κ1) is 20.8. The van der Waals surface area contributed by atoms with E-state index in [-0.39, 0.29) is 5.91 Å². The quantitative estimate of drug-likeness (QED) is 0.375. The van der Waals surface area contributed by atoms with E-state index in [1.165, 1.54) is 11.8 Å². The Morgan fingerprint density at radius 3 is 2.69 bits per heavy atom. The zero-order valence-electron chi connectivity index (χ0n) is 16.7. The zero-order valence-corrected chi connectivity index (χ0v) is 19.0. The van der Waals surface area contributed by atoms with Crippen LogP contribution in [0.1, 0.15) is 5.56 Å². The van der Waals surface area contributed by atoms with Crippen LogP contribution in [-0.4, -0.2) is 25.6 Å². The molecular formula is C23H15Cl2N5OS. The van der Waals surface area contributed by atoms with E-state index in [1.54, 1.807) is 30.6 Å². The molecule has 0 aliphatic carbocycles. The first-order valence-electron chi connectivity index (χ1n) is 9.60. The number of nitrogens with one attached hydrogen (secondary N) is 1. The number of aromatic nitrogens is 3. The van der Waals surface area contributed by atoms with Crippen LogP contribution in [0.4, 0.5) is 5.69 Å². The molecule has 32 heavy (non-hydrogen) atoms. The van der Waals surface area contributed by atoms with Gasteiger partial charge in [-0.3, -0.25) is 9.78 Å². The minimum atomic E-state index is -0.228. The Morgan fingerprint density at radius 1 is 1.12 bits per heavy atom. The summed E-state index contributed by atoms with van der Waals surface area (Å²) in [5.41, 5.74) is 4.06. The summed E-state index contributed by atoms with van der Waals surface area (Å²) < 4.78 is 2.03. The molecule has 6 nitrogen and oxygen atoms in total. The van der Waals surface area contributed by atoms with E-state index in [0.29, 0.717) is 25.8 Å². The predicted octanol–water partition coefficient (Wildman–Crippen LogP) is 5.83. The van der Waals surface area contributed by atoms with Gasteiger partial charge in [0.25, 0.3) is 5.91 Å². The van der Waals surface area contributed by atoms with Crippen molar-refractivity contribution < 1.29 is 4.79 Å². The molecule has 158 valence electrons. The number of carbonyl (C=O) groups excluding carboxylic acids is 1. The molecule has 0 bridgehead atoms. The van der Waals surface area contributed by atoms with Crippen molar-refractivity contribution in [2.75, 3.05) is 0 Å². The number of fused-ring (bicyclic) bond motifs is 1. The number of benzene rings is 2. The number of hydrogen-bond donors (Lipinski definition) is 1. The summed E-state index contributed by atoms with van der Waals surface area (Å²) in [4.78, 5) is 26.4. The van der Waals surface area contributed by atoms with Crippen LogP contribution in [0.5, 0.6) is 0 Å². The number of thioether (sulfide) groups is 1. The third-order valence-electron chi connectivity index (χ3n) is 4.92. The number of amidine groups is 1. The molecule has 3 heterocycles. The van der Waals surface area contributed by atoms with Gasteiger partial charge < -0.3 is 9.88 Å². The van der Waals surface area contributed by atoms with E-state index in [1.807, 2.05) is 48.0 Å². The van der Waals surface area contributed by atoms with Crippen LogP contribution in [0.2, 0.25) is 10.0 Å². The number of amides is 1. The fourth-order valence-electron chi connectivity index (χ4n) is 3.39. The molecule has 5 rings (SSSR count). The van der Waals surface area contributed by atoms with Crippen molar-refractivity contribution in [1.29, 1.82) is 0 Å². The fraction of sp³-hybridized carbons (Fsp3) is 0.0435. The van der Waals surface area contributed by atoms with Gasteiger partial charge in [0.2, 0.25) is 0 Å². The van der Waals surface area contributed by atoms with Gasteiger partial charge in [-0.1, -0.05) is 35.3 Å². The molecule has 0 saturated carbocycles. The number of hydrogen-bond acceptors (Lipinski definition) is 5. The predicted molar refractivity (Wildman–Crippen MR) is 131 cm³/mol. The monoisotopic (exact) mass is 479 g/mol. The number of nitrogens with zero attached hydrogens (tertiary/aromatic N) is 4. The van der Waals surface area contributed by atoms with Crippen molar-refractivity contribution in [3.63, 3.8) is 0 Å². The van der Waals surface area contributed by atoms with Crippen molar-refractivity contribution in [3.8, 4) is 11.4 Å². The lowest BCUT2D eigenvalue weighted by Gasteiger charge is -2.01.